The van der Waals surface area contributed by atoms with Crippen molar-refractivity contribution in [2.45, 2.75) is 32.9 Å². The van der Waals surface area contributed by atoms with Gasteiger partial charge in [-0.2, -0.15) is 0 Å². The van der Waals surface area contributed by atoms with Crippen LogP contribution in [0.25, 0.3) is 0 Å². The summed E-state index contributed by atoms with van der Waals surface area (Å²) in [5.74, 6) is 0.607. The highest BCUT2D eigenvalue weighted by atomic mass is 16.3. The fourth-order valence-electron chi connectivity index (χ4n) is 1.47. The molecule has 0 saturated heterocycles. The van der Waals surface area contributed by atoms with Crippen molar-refractivity contribution in [2.75, 3.05) is 6.54 Å². The molecule has 0 aliphatic carbocycles. The molecule has 2 nitrogen and oxygen atoms in total. The minimum Gasteiger partial charge on any atom is -0.387 e. The molecule has 0 aliphatic heterocycles. The van der Waals surface area contributed by atoms with Crippen LogP contribution in [0.3, 0.4) is 0 Å². The Morgan fingerprint density at radius 1 is 1.13 bits per heavy atom. The second-order valence-electron chi connectivity index (χ2n) is 4.45. The van der Waals surface area contributed by atoms with Gasteiger partial charge in [0.15, 0.2) is 0 Å². The maximum absolute atomic E-state index is 10.0. The van der Waals surface area contributed by atoms with Crippen molar-refractivity contribution in [1.82, 2.24) is 5.32 Å². The Kier molecular flexibility index (Phi) is 4.79. The van der Waals surface area contributed by atoms with Gasteiger partial charge < -0.3 is 10.4 Å². The van der Waals surface area contributed by atoms with Gasteiger partial charge in [-0.1, -0.05) is 44.2 Å². The van der Waals surface area contributed by atoms with E-state index in [2.05, 4.69) is 19.2 Å². The van der Waals surface area contributed by atoms with Crippen LogP contribution in [0.1, 0.15) is 32.4 Å². The lowest BCUT2D eigenvalue weighted by molar-refractivity contribution is 0.134. The largest absolute Gasteiger partial charge is 0.387 e. The Morgan fingerprint density at radius 2 is 1.73 bits per heavy atom. The second-order valence-corrected chi connectivity index (χ2v) is 4.45. The summed E-state index contributed by atoms with van der Waals surface area (Å²) in [7, 11) is 0. The van der Waals surface area contributed by atoms with E-state index in [0.29, 0.717) is 5.92 Å². The lowest BCUT2D eigenvalue weighted by atomic mass is 10.0. The van der Waals surface area contributed by atoms with Crippen molar-refractivity contribution < 1.29 is 5.11 Å². The molecule has 15 heavy (non-hydrogen) atoms. The molecule has 1 aromatic rings. The number of rotatable bonds is 5. The normalized spacial score (nSPS) is 15.3. The highest BCUT2D eigenvalue weighted by Gasteiger charge is 2.15. The molecule has 0 unspecified atom stereocenters. The average Bonchev–Trinajstić information content (AvgIpc) is 2.26. The highest BCUT2D eigenvalue weighted by Crippen LogP contribution is 2.15. The third kappa shape index (κ3) is 4.02. The summed E-state index contributed by atoms with van der Waals surface area (Å²) in [6, 6.07) is 9.87. The Labute approximate surface area is 92.3 Å². The molecule has 1 aromatic carbocycles. The van der Waals surface area contributed by atoms with Gasteiger partial charge in [0, 0.05) is 6.04 Å². The molecule has 0 bridgehead atoms. The number of nitrogens with one attached hydrogen (secondary N) is 1. The van der Waals surface area contributed by atoms with E-state index in [9.17, 15) is 5.11 Å². The first-order valence-corrected chi connectivity index (χ1v) is 5.57. The Balaban J connectivity index is 2.49. The van der Waals surface area contributed by atoms with Crippen LogP contribution in [0.2, 0.25) is 0 Å². The molecule has 0 heterocycles. The molecular formula is C13H21NO. The van der Waals surface area contributed by atoms with E-state index in [1.54, 1.807) is 0 Å². The van der Waals surface area contributed by atoms with E-state index in [1.807, 2.05) is 37.3 Å². The summed E-state index contributed by atoms with van der Waals surface area (Å²) in [6.07, 6.45) is -0.426. The van der Waals surface area contributed by atoms with Crippen molar-refractivity contribution in [3.05, 3.63) is 35.9 Å². The third-order valence-corrected chi connectivity index (χ3v) is 2.46. The van der Waals surface area contributed by atoms with Crippen LogP contribution in [0.4, 0.5) is 0 Å². The van der Waals surface area contributed by atoms with Gasteiger partial charge in [0.2, 0.25) is 0 Å². The lowest BCUT2D eigenvalue weighted by Gasteiger charge is -2.21. The molecule has 84 valence electrons. The fraction of sp³-hybridized carbons (Fsp3) is 0.538. The quantitative estimate of drug-likeness (QED) is 0.777. The zero-order valence-corrected chi connectivity index (χ0v) is 9.77. The van der Waals surface area contributed by atoms with Gasteiger partial charge in [-0.15, -0.1) is 0 Å². The maximum Gasteiger partial charge on any atom is 0.0940 e. The fourth-order valence-corrected chi connectivity index (χ4v) is 1.47. The molecule has 0 radical (unpaired) electrons. The lowest BCUT2D eigenvalue weighted by Crippen LogP contribution is -2.34. The third-order valence-electron chi connectivity index (χ3n) is 2.46. The summed E-state index contributed by atoms with van der Waals surface area (Å²) in [5.41, 5.74) is 0.973. The van der Waals surface area contributed by atoms with Gasteiger partial charge in [0.05, 0.1) is 6.10 Å². The van der Waals surface area contributed by atoms with E-state index in [0.717, 1.165) is 12.1 Å². The number of aliphatic hydroxyl groups excluding tert-OH is 1. The van der Waals surface area contributed by atoms with Gasteiger partial charge in [-0.25, -0.2) is 0 Å². The van der Waals surface area contributed by atoms with Gasteiger partial charge in [-0.3, -0.25) is 0 Å². The monoisotopic (exact) mass is 207 g/mol. The number of benzene rings is 1. The van der Waals surface area contributed by atoms with Crippen LogP contribution < -0.4 is 5.32 Å². The van der Waals surface area contributed by atoms with Gasteiger partial charge in [-0.05, 0) is 24.9 Å². The van der Waals surface area contributed by atoms with Crippen molar-refractivity contribution >= 4 is 0 Å². The minimum absolute atomic E-state index is 0.0924. The average molecular weight is 207 g/mol. The molecule has 0 amide bonds. The summed E-state index contributed by atoms with van der Waals surface area (Å²) >= 11 is 0. The van der Waals surface area contributed by atoms with Crippen molar-refractivity contribution in [3.8, 4) is 0 Å². The first-order chi connectivity index (χ1) is 7.11. The number of hydrogen-bond donors (Lipinski definition) is 2. The van der Waals surface area contributed by atoms with Crippen LogP contribution in [0.15, 0.2) is 30.3 Å². The molecule has 0 saturated carbocycles. The summed E-state index contributed by atoms with van der Waals surface area (Å²) in [4.78, 5) is 0. The van der Waals surface area contributed by atoms with E-state index in [-0.39, 0.29) is 6.04 Å². The molecular weight excluding hydrogens is 186 g/mol. The van der Waals surface area contributed by atoms with Gasteiger partial charge in [0.25, 0.3) is 0 Å². The first-order valence-electron chi connectivity index (χ1n) is 5.57. The molecule has 2 N–H and O–H groups in total. The Hall–Kier alpha value is -0.860. The van der Waals surface area contributed by atoms with E-state index < -0.39 is 6.10 Å². The second kappa shape index (κ2) is 5.89. The number of aliphatic hydroxyl groups is 1. The SMILES string of the molecule is CC(C)CN[C@@H](C)[C@@H](O)c1ccccc1. The van der Waals surface area contributed by atoms with Crippen LogP contribution in [-0.2, 0) is 0 Å². The van der Waals surface area contributed by atoms with Crippen molar-refractivity contribution in [1.29, 1.82) is 0 Å². The molecule has 2 heteroatoms. The molecule has 0 fully saturated rings. The molecule has 0 aromatic heterocycles. The zero-order chi connectivity index (χ0) is 11.3. The van der Waals surface area contributed by atoms with Crippen molar-refractivity contribution in [2.24, 2.45) is 5.92 Å². The summed E-state index contributed by atoms with van der Waals surface area (Å²) in [5, 5.41) is 13.4. The zero-order valence-electron chi connectivity index (χ0n) is 9.77. The van der Waals surface area contributed by atoms with Crippen LogP contribution >= 0.6 is 0 Å². The first kappa shape index (κ1) is 12.2. The molecule has 2 atom stereocenters. The topological polar surface area (TPSA) is 32.3 Å². The van der Waals surface area contributed by atoms with Gasteiger partial charge in [0.1, 0.15) is 0 Å². The van der Waals surface area contributed by atoms with Crippen LogP contribution in [-0.4, -0.2) is 17.7 Å². The van der Waals surface area contributed by atoms with E-state index in [4.69, 9.17) is 0 Å². The minimum atomic E-state index is -0.426. The standard InChI is InChI=1S/C13H21NO/c1-10(2)9-14-11(3)13(15)12-7-5-4-6-8-12/h4-8,10-11,13-15H,9H2,1-3H3/t11-,13+/m0/s1. The summed E-state index contributed by atoms with van der Waals surface area (Å²) in [6.45, 7) is 7.27. The predicted octanol–water partition coefficient (Wildman–Crippen LogP) is 2.35. The van der Waals surface area contributed by atoms with Crippen LogP contribution in [0.5, 0.6) is 0 Å². The van der Waals surface area contributed by atoms with Crippen molar-refractivity contribution in [3.63, 3.8) is 0 Å². The number of hydrogen-bond acceptors (Lipinski definition) is 2. The smallest absolute Gasteiger partial charge is 0.0940 e. The van der Waals surface area contributed by atoms with Crippen LogP contribution in [0, 0.1) is 5.92 Å². The Bertz CT molecular complexity index is 271. The van der Waals surface area contributed by atoms with Gasteiger partial charge >= 0.3 is 0 Å². The molecule has 1 rings (SSSR count). The highest BCUT2D eigenvalue weighted by molar-refractivity contribution is 5.18. The summed E-state index contributed by atoms with van der Waals surface area (Å²) < 4.78 is 0. The molecule has 0 aliphatic rings. The maximum atomic E-state index is 10.0. The van der Waals surface area contributed by atoms with E-state index >= 15 is 0 Å². The Morgan fingerprint density at radius 3 is 2.27 bits per heavy atom. The molecule has 0 spiro atoms. The predicted molar refractivity (Wildman–Crippen MR) is 63.7 cm³/mol. The van der Waals surface area contributed by atoms with E-state index in [1.165, 1.54) is 0 Å².